The van der Waals surface area contributed by atoms with E-state index in [9.17, 15) is 18.4 Å². The van der Waals surface area contributed by atoms with Gasteiger partial charge in [-0.1, -0.05) is 0 Å². The fraction of sp³-hybridized carbons (Fsp3) is 0.300. The average Bonchev–Trinajstić information content (AvgIpc) is 3.12. The van der Waals surface area contributed by atoms with Crippen LogP contribution in [0.25, 0.3) is 0 Å². The first-order valence-corrected chi connectivity index (χ1v) is 8.37. The minimum Gasteiger partial charge on any atom is -0.496 e. The Kier molecular flexibility index (Phi) is 5.02. The summed E-state index contributed by atoms with van der Waals surface area (Å²) in [5.41, 5.74) is 1.36. The van der Waals surface area contributed by atoms with Gasteiger partial charge in [0.15, 0.2) is 17.4 Å². The van der Waals surface area contributed by atoms with Gasteiger partial charge in [-0.2, -0.15) is 0 Å². The van der Waals surface area contributed by atoms with Gasteiger partial charge in [0, 0.05) is 17.7 Å². The van der Waals surface area contributed by atoms with Crippen LogP contribution in [0.5, 0.6) is 5.75 Å². The van der Waals surface area contributed by atoms with Crippen LogP contribution in [0.3, 0.4) is 0 Å². The summed E-state index contributed by atoms with van der Waals surface area (Å²) in [6.45, 7) is 2.25. The molecular weight excluding hydrogens is 340 g/mol. The minimum absolute atomic E-state index is 0.0366. The number of rotatable bonds is 4. The average molecular weight is 359 g/mol. The molecule has 26 heavy (non-hydrogen) atoms. The zero-order valence-corrected chi connectivity index (χ0v) is 14.6. The molecule has 6 heteroatoms. The Balaban J connectivity index is 1.85. The summed E-state index contributed by atoms with van der Waals surface area (Å²) in [7, 11) is 1.56. The summed E-state index contributed by atoms with van der Waals surface area (Å²) in [6, 6.07) is 7.55. The molecule has 1 unspecified atom stereocenters. The molecule has 2 aromatic carbocycles. The van der Waals surface area contributed by atoms with E-state index in [-0.39, 0.29) is 11.3 Å². The number of Topliss-reactive ketones (excluding diaryl/α,β-unsaturated/α-hetero) is 1. The quantitative estimate of drug-likeness (QED) is 0.781. The number of ketones is 1. The van der Waals surface area contributed by atoms with E-state index in [1.165, 1.54) is 11.0 Å². The number of halogens is 2. The minimum atomic E-state index is -1.08. The first-order chi connectivity index (χ1) is 12.4. The topological polar surface area (TPSA) is 46.6 Å². The number of carbonyl (C=O) groups excluding carboxylic acids is 2. The summed E-state index contributed by atoms with van der Waals surface area (Å²) < 4.78 is 31.7. The van der Waals surface area contributed by atoms with Crippen molar-refractivity contribution >= 4 is 11.7 Å². The molecule has 2 aromatic rings. The first-order valence-electron chi connectivity index (χ1n) is 8.37. The van der Waals surface area contributed by atoms with Gasteiger partial charge in [0.2, 0.25) is 0 Å². The van der Waals surface area contributed by atoms with Gasteiger partial charge in [0.1, 0.15) is 5.75 Å². The molecule has 0 saturated carbocycles. The predicted molar refractivity (Wildman–Crippen MR) is 92.5 cm³/mol. The Morgan fingerprint density at radius 1 is 1.08 bits per heavy atom. The second-order valence-electron chi connectivity index (χ2n) is 6.33. The molecule has 0 N–H and O–H groups in total. The lowest BCUT2D eigenvalue weighted by Gasteiger charge is -2.24. The van der Waals surface area contributed by atoms with Crippen molar-refractivity contribution in [2.75, 3.05) is 13.7 Å². The second-order valence-corrected chi connectivity index (χ2v) is 6.33. The van der Waals surface area contributed by atoms with Crippen molar-refractivity contribution in [1.82, 2.24) is 4.90 Å². The van der Waals surface area contributed by atoms with Crippen molar-refractivity contribution in [2.45, 2.75) is 25.8 Å². The smallest absolute Gasteiger partial charge is 0.254 e. The number of ether oxygens (including phenoxy) is 1. The molecule has 1 aliphatic heterocycles. The third-order valence-electron chi connectivity index (χ3n) is 4.66. The summed E-state index contributed by atoms with van der Waals surface area (Å²) in [6.07, 6.45) is 1.22. The van der Waals surface area contributed by atoms with E-state index in [0.717, 1.165) is 17.7 Å². The molecule has 1 fully saturated rings. The van der Waals surface area contributed by atoms with Crippen LogP contribution in [-0.4, -0.2) is 36.3 Å². The molecule has 0 radical (unpaired) electrons. The number of benzene rings is 2. The summed E-state index contributed by atoms with van der Waals surface area (Å²) in [5.74, 6) is -2.04. The predicted octanol–water partition coefficient (Wildman–Crippen LogP) is 3.77. The molecule has 1 atom stereocenters. The van der Waals surface area contributed by atoms with Crippen molar-refractivity contribution in [1.29, 1.82) is 0 Å². The monoisotopic (exact) mass is 359 g/mol. The van der Waals surface area contributed by atoms with Crippen molar-refractivity contribution in [3.05, 3.63) is 64.7 Å². The van der Waals surface area contributed by atoms with E-state index < -0.39 is 23.6 Å². The SMILES string of the molecule is COc1ccc(C(=O)C2CCCN2C(=O)c2ccc(F)c(F)c2)cc1C. The third-order valence-corrected chi connectivity index (χ3v) is 4.66. The molecule has 1 saturated heterocycles. The lowest BCUT2D eigenvalue weighted by atomic mass is 9.99. The molecule has 3 rings (SSSR count). The molecule has 1 amide bonds. The maximum absolute atomic E-state index is 13.4. The van der Waals surface area contributed by atoms with Crippen LogP contribution in [0.1, 0.15) is 39.1 Å². The number of hydrogen-bond donors (Lipinski definition) is 0. The lowest BCUT2D eigenvalue weighted by molar-refractivity contribution is 0.0671. The fourth-order valence-electron chi connectivity index (χ4n) is 3.30. The Morgan fingerprint density at radius 3 is 2.46 bits per heavy atom. The fourth-order valence-corrected chi connectivity index (χ4v) is 3.30. The van der Waals surface area contributed by atoms with Crippen molar-refractivity contribution < 1.29 is 23.1 Å². The second kappa shape index (κ2) is 7.23. The number of amides is 1. The van der Waals surface area contributed by atoms with Crippen LogP contribution in [0, 0.1) is 18.6 Å². The summed E-state index contributed by atoms with van der Waals surface area (Å²) >= 11 is 0. The van der Waals surface area contributed by atoms with Crippen LogP contribution < -0.4 is 4.74 Å². The molecule has 0 aromatic heterocycles. The van der Waals surface area contributed by atoms with Gasteiger partial charge in [-0.15, -0.1) is 0 Å². The van der Waals surface area contributed by atoms with Gasteiger partial charge in [0.25, 0.3) is 5.91 Å². The van der Waals surface area contributed by atoms with Crippen molar-refractivity contribution in [2.24, 2.45) is 0 Å². The van der Waals surface area contributed by atoms with Gasteiger partial charge >= 0.3 is 0 Å². The maximum atomic E-state index is 13.4. The number of methoxy groups -OCH3 is 1. The molecule has 0 bridgehead atoms. The standard InChI is InChI=1S/C20H19F2NO3/c1-12-10-13(6-8-18(12)26-2)19(24)17-4-3-9-23(17)20(25)14-5-7-15(21)16(22)11-14/h5-8,10-11,17H,3-4,9H2,1-2H3. The number of aryl methyl sites for hydroxylation is 1. The molecule has 1 heterocycles. The van der Waals surface area contributed by atoms with E-state index in [1.807, 2.05) is 6.92 Å². The van der Waals surface area contributed by atoms with E-state index in [2.05, 4.69) is 0 Å². The highest BCUT2D eigenvalue weighted by Gasteiger charge is 2.35. The van der Waals surface area contributed by atoms with Crippen LogP contribution in [0.15, 0.2) is 36.4 Å². The zero-order chi connectivity index (χ0) is 18.8. The van der Waals surface area contributed by atoms with Crippen LogP contribution in [0.2, 0.25) is 0 Å². The first kappa shape index (κ1) is 18.0. The molecule has 136 valence electrons. The number of likely N-dealkylation sites (tertiary alicyclic amines) is 1. The molecule has 4 nitrogen and oxygen atoms in total. The lowest BCUT2D eigenvalue weighted by Crippen LogP contribution is -2.40. The van der Waals surface area contributed by atoms with Crippen LogP contribution in [0.4, 0.5) is 8.78 Å². The van der Waals surface area contributed by atoms with E-state index in [1.54, 1.807) is 25.3 Å². The Hall–Kier alpha value is -2.76. The Morgan fingerprint density at radius 2 is 1.81 bits per heavy atom. The molecule has 0 aliphatic carbocycles. The van der Waals surface area contributed by atoms with Crippen molar-refractivity contribution in [3.63, 3.8) is 0 Å². The van der Waals surface area contributed by atoms with Gasteiger partial charge < -0.3 is 9.64 Å². The normalized spacial score (nSPS) is 16.6. The summed E-state index contributed by atoms with van der Waals surface area (Å²) in [4.78, 5) is 27.0. The van der Waals surface area contributed by atoms with Gasteiger partial charge in [-0.25, -0.2) is 8.78 Å². The van der Waals surface area contributed by atoms with Crippen LogP contribution in [-0.2, 0) is 0 Å². The third kappa shape index (κ3) is 3.31. The zero-order valence-electron chi connectivity index (χ0n) is 14.6. The van der Waals surface area contributed by atoms with Crippen molar-refractivity contribution in [3.8, 4) is 5.75 Å². The molecular formula is C20H19F2NO3. The van der Waals surface area contributed by atoms with E-state index in [4.69, 9.17) is 4.74 Å². The molecule has 0 spiro atoms. The van der Waals surface area contributed by atoms with E-state index in [0.29, 0.717) is 30.7 Å². The van der Waals surface area contributed by atoms with Gasteiger partial charge in [-0.3, -0.25) is 9.59 Å². The number of nitrogens with zero attached hydrogens (tertiary/aromatic N) is 1. The molecule has 1 aliphatic rings. The highest BCUT2D eigenvalue weighted by Crippen LogP contribution is 2.26. The Labute approximate surface area is 150 Å². The maximum Gasteiger partial charge on any atom is 0.254 e. The van der Waals surface area contributed by atoms with E-state index >= 15 is 0 Å². The number of hydrogen-bond acceptors (Lipinski definition) is 3. The largest absolute Gasteiger partial charge is 0.496 e. The van der Waals surface area contributed by atoms with Gasteiger partial charge in [0.05, 0.1) is 13.2 Å². The highest BCUT2D eigenvalue weighted by molar-refractivity contribution is 6.04. The van der Waals surface area contributed by atoms with Crippen LogP contribution >= 0.6 is 0 Å². The number of carbonyl (C=O) groups is 2. The Bertz CT molecular complexity index is 866. The summed E-state index contributed by atoms with van der Waals surface area (Å²) in [5, 5.41) is 0. The highest BCUT2D eigenvalue weighted by atomic mass is 19.2. The van der Waals surface area contributed by atoms with Gasteiger partial charge in [-0.05, 0) is 61.7 Å².